The van der Waals surface area contributed by atoms with Crippen molar-refractivity contribution in [2.75, 3.05) is 6.54 Å². The number of rotatable bonds is 0. The maximum Gasteiger partial charge on any atom is 3.00 e. The van der Waals surface area contributed by atoms with Gasteiger partial charge in [-0.05, 0) is 12.1 Å². The second-order valence-corrected chi connectivity index (χ2v) is 1.57. The van der Waals surface area contributed by atoms with E-state index in [2.05, 4.69) is 17.5 Å². The molecule has 1 unspecified atom stereocenters. The van der Waals surface area contributed by atoms with Crippen molar-refractivity contribution < 1.29 is 32.7 Å². The molecule has 1 rings (SSSR count). The zero-order valence-corrected chi connectivity index (χ0v) is 7.17. The van der Waals surface area contributed by atoms with Gasteiger partial charge < -0.3 is 10.5 Å². The van der Waals surface area contributed by atoms with Gasteiger partial charge in [-0.25, -0.2) is 0 Å². The van der Waals surface area contributed by atoms with Gasteiger partial charge in [0.1, 0.15) is 0 Å². The molecule has 0 radical (unpaired) electrons. The predicted octanol–water partition coefficient (Wildman–Crippen LogP) is 0.993. The molecule has 0 N–H and O–H groups in total. The zero-order chi connectivity index (χ0) is 4.41. The van der Waals surface area contributed by atoms with Crippen LogP contribution >= 0.6 is 0 Å². The van der Waals surface area contributed by atoms with E-state index in [0.29, 0.717) is 5.92 Å². The summed E-state index contributed by atoms with van der Waals surface area (Å²) in [6.07, 6.45) is 1.86. The van der Waals surface area contributed by atoms with E-state index in [1.165, 1.54) is 0 Å². The first-order chi connectivity index (χ1) is 2.89. The monoisotopic (exact) mass is 172 g/mol. The van der Waals surface area contributed by atoms with Gasteiger partial charge in [-0.3, -0.25) is 0 Å². The molecule has 0 saturated carbocycles. The van der Waals surface area contributed by atoms with Gasteiger partial charge in [0.25, 0.3) is 0 Å². The van der Waals surface area contributed by atoms with Gasteiger partial charge >= 0.3 is 32.7 Å². The van der Waals surface area contributed by atoms with Crippen LogP contribution in [-0.2, 0) is 32.7 Å². The van der Waals surface area contributed by atoms with Crippen LogP contribution < -0.4 is 0 Å². The van der Waals surface area contributed by atoms with Gasteiger partial charge in [0.2, 0.25) is 0 Å². The number of hydrogen-bond donors (Lipinski definition) is 0. The SMILES string of the molecule is CC1C=N[N-]C1.[Y+3]. The summed E-state index contributed by atoms with van der Waals surface area (Å²) in [5.74, 6) is 0.588. The maximum atomic E-state index is 3.73. The molecule has 1 aliphatic heterocycles. The summed E-state index contributed by atoms with van der Waals surface area (Å²) in [5.41, 5.74) is 3.73. The zero-order valence-electron chi connectivity index (χ0n) is 4.33. The molecule has 0 bridgehead atoms. The first kappa shape index (κ1) is 7.57. The Balaban J connectivity index is 0.000000360. The summed E-state index contributed by atoms with van der Waals surface area (Å²) in [5, 5.41) is 3.66. The van der Waals surface area contributed by atoms with Crippen molar-refractivity contribution in [2.45, 2.75) is 6.92 Å². The van der Waals surface area contributed by atoms with Gasteiger partial charge in [-0.2, -0.15) is 0 Å². The Morgan fingerprint density at radius 1 is 1.86 bits per heavy atom. The molecule has 2 nitrogen and oxygen atoms in total. The van der Waals surface area contributed by atoms with E-state index >= 15 is 0 Å². The van der Waals surface area contributed by atoms with Crippen LogP contribution in [-0.4, -0.2) is 12.8 Å². The molecular weight excluding hydrogens is 165 g/mol. The number of hydrogen-bond acceptors (Lipinski definition) is 1. The van der Waals surface area contributed by atoms with E-state index in [1.54, 1.807) is 0 Å². The van der Waals surface area contributed by atoms with Gasteiger partial charge in [0.05, 0.1) is 0 Å². The summed E-state index contributed by atoms with van der Waals surface area (Å²) in [6.45, 7) is 2.99. The van der Waals surface area contributed by atoms with Crippen molar-refractivity contribution in [1.29, 1.82) is 0 Å². The van der Waals surface area contributed by atoms with Crippen molar-refractivity contribution in [2.24, 2.45) is 11.0 Å². The Morgan fingerprint density at radius 2 is 2.57 bits per heavy atom. The largest absolute Gasteiger partial charge is 3.00 e. The topological polar surface area (TPSA) is 26.5 Å². The normalized spacial score (nSPS) is 26.1. The second kappa shape index (κ2) is 3.56. The quantitative estimate of drug-likeness (QED) is 0.521. The van der Waals surface area contributed by atoms with Crippen LogP contribution in [0.4, 0.5) is 0 Å². The minimum absolute atomic E-state index is 0. The summed E-state index contributed by atoms with van der Waals surface area (Å²) in [4.78, 5) is 0. The third-order valence-electron chi connectivity index (χ3n) is 0.772. The first-order valence-corrected chi connectivity index (χ1v) is 2.09. The van der Waals surface area contributed by atoms with E-state index in [1.807, 2.05) is 6.21 Å². The summed E-state index contributed by atoms with van der Waals surface area (Å²) in [7, 11) is 0. The van der Waals surface area contributed by atoms with Gasteiger partial charge in [0.15, 0.2) is 0 Å². The molecule has 0 aliphatic carbocycles. The molecule has 0 aromatic heterocycles. The Bertz CT molecular complexity index is 72.1. The fraction of sp³-hybridized carbons (Fsp3) is 0.750. The van der Waals surface area contributed by atoms with Gasteiger partial charge in [0, 0.05) is 0 Å². The van der Waals surface area contributed by atoms with Crippen LogP contribution in [0.1, 0.15) is 6.92 Å². The number of nitrogens with zero attached hydrogens (tertiary/aromatic N) is 2. The van der Waals surface area contributed by atoms with E-state index in [0.717, 1.165) is 6.54 Å². The summed E-state index contributed by atoms with van der Waals surface area (Å²) in [6, 6.07) is 0. The third-order valence-corrected chi connectivity index (χ3v) is 0.772. The second-order valence-electron chi connectivity index (χ2n) is 1.57. The minimum atomic E-state index is 0. The van der Waals surface area contributed by atoms with E-state index < -0.39 is 0 Å². The molecule has 1 heterocycles. The fourth-order valence-electron chi connectivity index (χ4n) is 0.384. The molecule has 0 amide bonds. The molecule has 7 heavy (non-hydrogen) atoms. The molecule has 0 fully saturated rings. The first-order valence-electron chi connectivity index (χ1n) is 2.09. The molecular formula is C4H7N2Y+2. The average molecular weight is 172 g/mol. The molecule has 34 valence electrons. The van der Waals surface area contributed by atoms with Crippen molar-refractivity contribution in [1.82, 2.24) is 0 Å². The van der Waals surface area contributed by atoms with Crippen LogP contribution in [0.3, 0.4) is 0 Å². The van der Waals surface area contributed by atoms with Crippen molar-refractivity contribution in [3.63, 3.8) is 0 Å². The molecule has 3 heteroatoms. The standard InChI is InChI=1S/C4H7N2.Y/c1-4-2-5-6-3-4;/h2,4H,3H2,1H3;/q-1;+3. The Kier molecular flexibility index (Phi) is 3.85. The molecule has 0 aromatic rings. The summed E-state index contributed by atoms with van der Waals surface area (Å²) >= 11 is 0. The Morgan fingerprint density at radius 3 is 2.71 bits per heavy atom. The molecule has 1 aliphatic rings. The van der Waals surface area contributed by atoms with Crippen LogP contribution in [0.15, 0.2) is 5.10 Å². The molecule has 1 atom stereocenters. The fourth-order valence-corrected chi connectivity index (χ4v) is 0.384. The molecule has 0 spiro atoms. The van der Waals surface area contributed by atoms with Crippen LogP contribution in [0, 0.1) is 5.92 Å². The molecule has 0 aromatic carbocycles. The third kappa shape index (κ3) is 2.40. The van der Waals surface area contributed by atoms with Crippen LogP contribution in [0.25, 0.3) is 5.43 Å². The van der Waals surface area contributed by atoms with Crippen LogP contribution in [0.5, 0.6) is 0 Å². The van der Waals surface area contributed by atoms with Crippen molar-refractivity contribution in [3.8, 4) is 0 Å². The average Bonchev–Trinajstić information content (AvgIpc) is 1.86. The van der Waals surface area contributed by atoms with E-state index in [9.17, 15) is 0 Å². The van der Waals surface area contributed by atoms with Crippen molar-refractivity contribution >= 4 is 6.21 Å². The van der Waals surface area contributed by atoms with E-state index in [-0.39, 0.29) is 32.7 Å². The minimum Gasteiger partial charge on any atom is -0.602 e. The molecule has 0 saturated heterocycles. The van der Waals surface area contributed by atoms with Gasteiger partial charge in [-0.15, -0.1) is 6.54 Å². The summed E-state index contributed by atoms with van der Waals surface area (Å²) < 4.78 is 0. The van der Waals surface area contributed by atoms with E-state index in [4.69, 9.17) is 0 Å². The van der Waals surface area contributed by atoms with Gasteiger partial charge in [-0.1, -0.05) is 6.92 Å². The predicted molar refractivity (Wildman–Crippen MR) is 25.9 cm³/mol. The maximum absolute atomic E-state index is 3.73. The van der Waals surface area contributed by atoms with Crippen LogP contribution in [0.2, 0.25) is 0 Å². The van der Waals surface area contributed by atoms with Crippen molar-refractivity contribution in [3.05, 3.63) is 5.43 Å². The Labute approximate surface area is 68.6 Å². The smallest absolute Gasteiger partial charge is 0.602 e. The Hall–Kier alpha value is 0.574.